The summed E-state index contributed by atoms with van der Waals surface area (Å²) in [5, 5.41) is 0. The van der Waals surface area contributed by atoms with Crippen LogP contribution in [0.5, 0.6) is 0 Å². The zero-order valence-corrected chi connectivity index (χ0v) is 4.36. The predicted octanol–water partition coefficient (Wildman–Crippen LogP) is 1.24. The molecule has 0 aliphatic heterocycles. The minimum Gasteiger partial charge on any atom is -0.106 e. The van der Waals surface area contributed by atoms with Crippen LogP contribution in [-0.4, -0.2) is 0 Å². The molecule has 0 spiro atoms. The van der Waals surface area contributed by atoms with Gasteiger partial charge in [0.25, 0.3) is 0 Å². The fourth-order valence-corrected chi connectivity index (χ4v) is 0.204. The van der Waals surface area contributed by atoms with E-state index in [1.54, 1.807) is 0 Å². The zero-order valence-electron chi connectivity index (χ0n) is 4.36. The summed E-state index contributed by atoms with van der Waals surface area (Å²) in [7, 11) is 0. The van der Waals surface area contributed by atoms with Gasteiger partial charge in [-0.05, 0) is 18.3 Å². The molecule has 0 aliphatic carbocycles. The van der Waals surface area contributed by atoms with Crippen molar-refractivity contribution in [2.24, 2.45) is 0 Å². The highest BCUT2D eigenvalue weighted by atomic mass is 13.7. The summed E-state index contributed by atoms with van der Waals surface area (Å²) >= 11 is 0. The highest BCUT2D eigenvalue weighted by Crippen LogP contribution is 1.77. The summed E-state index contributed by atoms with van der Waals surface area (Å²) in [6.45, 7) is 1.95. The summed E-state index contributed by atoms with van der Waals surface area (Å²) in [5.74, 6) is 7.46. The van der Waals surface area contributed by atoms with E-state index in [9.17, 15) is 0 Å². The number of hydrogen-bond donors (Lipinski definition) is 0. The van der Waals surface area contributed by atoms with Crippen LogP contribution in [0.25, 0.3) is 0 Å². The van der Waals surface area contributed by atoms with Crippen molar-refractivity contribution in [3.8, 4) is 24.2 Å². The van der Waals surface area contributed by atoms with Gasteiger partial charge >= 0.3 is 0 Å². The van der Waals surface area contributed by atoms with Crippen LogP contribution in [0.4, 0.5) is 0 Å². The predicted molar refractivity (Wildman–Crippen MR) is 31.2 cm³/mol. The fourth-order valence-electron chi connectivity index (χ4n) is 0.204. The number of hydrogen-bond acceptors (Lipinski definition) is 0. The maximum atomic E-state index is 4.83. The van der Waals surface area contributed by atoms with Crippen molar-refractivity contribution in [1.82, 2.24) is 0 Å². The Morgan fingerprint density at radius 1 is 1.71 bits per heavy atom. The van der Waals surface area contributed by atoms with Gasteiger partial charge in [-0.3, -0.25) is 0 Å². The third kappa shape index (κ3) is 5.12. The van der Waals surface area contributed by atoms with E-state index >= 15 is 0 Å². The van der Waals surface area contributed by atoms with E-state index in [-0.39, 0.29) is 0 Å². The van der Waals surface area contributed by atoms with Crippen LogP contribution in [0.2, 0.25) is 0 Å². The summed E-state index contributed by atoms with van der Waals surface area (Å²) in [5.41, 5.74) is 0. The molecule has 0 aromatic heterocycles. The Hall–Kier alpha value is -0.880. The lowest BCUT2D eigenvalue weighted by Gasteiger charge is -1.70. The fraction of sp³-hybridized carbons (Fsp3) is 0.286. The van der Waals surface area contributed by atoms with Gasteiger partial charge in [0, 0.05) is 6.42 Å². The molecule has 0 amide bonds. The third-order valence-electron chi connectivity index (χ3n) is 0.467. The molecule has 0 heterocycles. The summed E-state index contributed by atoms with van der Waals surface area (Å²) in [6.07, 6.45) is 7.59. The minimum absolute atomic E-state index is 0.796. The summed E-state index contributed by atoms with van der Waals surface area (Å²) in [4.78, 5) is 0. The molecular weight excluding hydrogens is 84.1 g/mol. The zero-order chi connectivity index (χ0) is 5.54. The second-order valence-corrected chi connectivity index (χ2v) is 1.06. The molecule has 35 valence electrons. The summed E-state index contributed by atoms with van der Waals surface area (Å²) in [6, 6.07) is 0. The molecule has 0 nitrogen and oxygen atoms in total. The first-order valence-corrected chi connectivity index (χ1v) is 2.13. The first-order valence-electron chi connectivity index (χ1n) is 2.13. The molecule has 0 bridgehead atoms. The molecule has 7 heavy (non-hydrogen) atoms. The molecule has 0 fully saturated rings. The molecule has 0 aliphatic rings. The normalized spacial score (nSPS) is 5.71. The van der Waals surface area contributed by atoms with Gasteiger partial charge in [0.15, 0.2) is 0 Å². The molecule has 0 atom stereocenters. The second-order valence-electron chi connectivity index (χ2n) is 1.06. The second kappa shape index (κ2) is 5.12. The van der Waals surface area contributed by atoms with Crippen LogP contribution in [0.15, 0.2) is 0 Å². The highest BCUT2D eigenvalue weighted by molar-refractivity contribution is 5.22. The maximum Gasteiger partial charge on any atom is 0.0127 e. The topological polar surface area (TPSA) is 0 Å². The quantitative estimate of drug-likeness (QED) is 0.426. The van der Waals surface area contributed by atoms with Crippen molar-refractivity contribution in [1.29, 1.82) is 0 Å². The first kappa shape index (κ1) is 6.12. The molecule has 0 saturated carbocycles. The molecule has 0 aromatic rings. The van der Waals surface area contributed by atoms with Gasteiger partial charge in [-0.15, -0.1) is 6.42 Å². The molecule has 0 N–H and O–H groups in total. The van der Waals surface area contributed by atoms with Gasteiger partial charge in [-0.1, -0.05) is 12.8 Å². The minimum atomic E-state index is 0.796. The van der Waals surface area contributed by atoms with Gasteiger partial charge < -0.3 is 0 Å². The molecule has 0 heteroatoms. The van der Waals surface area contributed by atoms with E-state index in [1.807, 2.05) is 13.3 Å². The van der Waals surface area contributed by atoms with E-state index in [0.29, 0.717) is 0 Å². The SMILES string of the molecule is C#CC#CC[CH]C. The van der Waals surface area contributed by atoms with Crippen molar-refractivity contribution >= 4 is 0 Å². The lowest BCUT2D eigenvalue weighted by atomic mass is 10.3. The molecule has 0 saturated heterocycles. The monoisotopic (exact) mass is 91.1 g/mol. The van der Waals surface area contributed by atoms with Crippen molar-refractivity contribution < 1.29 is 0 Å². The van der Waals surface area contributed by atoms with Crippen LogP contribution in [0, 0.1) is 30.6 Å². The van der Waals surface area contributed by atoms with Gasteiger partial charge in [0.2, 0.25) is 0 Å². The molecule has 0 rings (SSSR count). The van der Waals surface area contributed by atoms with Crippen molar-refractivity contribution in [2.75, 3.05) is 0 Å². The largest absolute Gasteiger partial charge is 0.106 e. The van der Waals surface area contributed by atoms with Gasteiger partial charge in [0.05, 0.1) is 0 Å². The van der Waals surface area contributed by atoms with Crippen molar-refractivity contribution in [2.45, 2.75) is 13.3 Å². The van der Waals surface area contributed by atoms with Crippen LogP contribution in [0.3, 0.4) is 0 Å². The maximum absolute atomic E-state index is 4.83. The Balaban J connectivity index is 3.13. The Bertz CT molecular complexity index is 115. The summed E-state index contributed by atoms with van der Waals surface area (Å²) < 4.78 is 0. The lowest BCUT2D eigenvalue weighted by molar-refractivity contribution is 1.26. The average Bonchev–Trinajstić information content (AvgIpc) is 1.69. The number of rotatable bonds is 1. The van der Waals surface area contributed by atoms with Gasteiger partial charge in [-0.2, -0.15) is 0 Å². The van der Waals surface area contributed by atoms with Crippen LogP contribution in [0.1, 0.15) is 13.3 Å². The van der Waals surface area contributed by atoms with E-state index < -0.39 is 0 Å². The standard InChI is InChI=1S/C7H7/c1-3-5-7-6-4-2/h1,4H,6H2,2H3. The Morgan fingerprint density at radius 3 is 2.86 bits per heavy atom. The Labute approximate surface area is 44.9 Å². The molecule has 1 radical (unpaired) electrons. The highest BCUT2D eigenvalue weighted by Gasteiger charge is 1.65. The lowest BCUT2D eigenvalue weighted by Crippen LogP contribution is -1.59. The Morgan fingerprint density at radius 2 is 2.43 bits per heavy atom. The van der Waals surface area contributed by atoms with Crippen LogP contribution < -0.4 is 0 Å². The molecule has 0 unspecified atom stereocenters. The number of terminal acetylenes is 1. The smallest absolute Gasteiger partial charge is 0.0127 e. The van der Waals surface area contributed by atoms with Crippen LogP contribution in [-0.2, 0) is 0 Å². The third-order valence-corrected chi connectivity index (χ3v) is 0.467. The Kier molecular flexibility index (Phi) is 4.48. The van der Waals surface area contributed by atoms with Gasteiger partial charge in [-0.25, -0.2) is 0 Å². The average molecular weight is 91.1 g/mol. The van der Waals surface area contributed by atoms with Crippen LogP contribution >= 0.6 is 0 Å². The van der Waals surface area contributed by atoms with Crippen molar-refractivity contribution in [3.05, 3.63) is 6.42 Å². The number of unbranched alkanes of at least 4 members (excludes halogenated alkanes) is 1. The molecule has 0 aromatic carbocycles. The van der Waals surface area contributed by atoms with E-state index in [2.05, 4.69) is 17.8 Å². The first-order chi connectivity index (χ1) is 3.41. The van der Waals surface area contributed by atoms with Crippen molar-refractivity contribution in [3.63, 3.8) is 0 Å². The van der Waals surface area contributed by atoms with Gasteiger partial charge in [0.1, 0.15) is 0 Å². The molecular formula is C7H7. The van der Waals surface area contributed by atoms with E-state index in [4.69, 9.17) is 6.42 Å². The van der Waals surface area contributed by atoms with E-state index in [0.717, 1.165) is 6.42 Å². The van der Waals surface area contributed by atoms with E-state index in [1.165, 1.54) is 0 Å².